The monoisotopic (exact) mass is 338 g/mol. The maximum Gasteiger partial charge on any atom is 0.306 e. The number of thiophene rings is 1. The van der Waals surface area contributed by atoms with E-state index in [2.05, 4.69) is 16.1 Å². The Hall–Kier alpha value is -1.52. The number of thioether (sulfide) groups is 1. The van der Waals surface area contributed by atoms with Crippen molar-refractivity contribution in [1.82, 2.24) is 0 Å². The van der Waals surface area contributed by atoms with Crippen molar-refractivity contribution < 1.29 is 14.3 Å². The summed E-state index contributed by atoms with van der Waals surface area (Å²) in [5.41, 5.74) is 1.75. The van der Waals surface area contributed by atoms with Crippen LogP contribution in [0.1, 0.15) is 35.3 Å². The number of nitrogens with one attached hydrogen (secondary N) is 1. The summed E-state index contributed by atoms with van der Waals surface area (Å²) >= 11 is 2.91. The Labute approximate surface area is 138 Å². The minimum atomic E-state index is -0.273. The molecular formula is C15H18N2O3S2. The second kappa shape index (κ2) is 8.20. The van der Waals surface area contributed by atoms with Crippen LogP contribution in [-0.2, 0) is 27.2 Å². The summed E-state index contributed by atoms with van der Waals surface area (Å²) in [6.45, 7) is 0. The van der Waals surface area contributed by atoms with E-state index in [-0.39, 0.29) is 17.6 Å². The average molecular weight is 338 g/mol. The van der Waals surface area contributed by atoms with Crippen molar-refractivity contribution in [3.63, 3.8) is 0 Å². The lowest BCUT2D eigenvalue weighted by Crippen LogP contribution is -2.14. The third-order valence-electron chi connectivity index (χ3n) is 3.45. The molecule has 1 aliphatic rings. The maximum absolute atomic E-state index is 12.0. The van der Waals surface area contributed by atoms with Crippen molar-refractivity contribution in [3.05, 3.63) is 16.0 Å². The molecule has 0 spiro atoms. The zero-order valence-corrected chi connectivity index (χ0v) is 14.1. The Bertz CT molecular complexity index is 605. The molecule has 0 unspecified atom stereocenters. The molecule has 1 aromatic heterocycles. The van der Waals surface area contributed by atoms with Crippen LogP contribution in [0.2, 0.25) is 0 Å². The molecule has 0 aliphatic heterocycles. The molecule has 118 valence electrons. The van der Waals surface area contributed by atoms with Gasteiger partial charge < -0.3 is 10.1 Å². The second-order valence-corrected chi connectivity index (χ2v) is 7.16. The molecule has 0 saturated heterocycles. The molecule has 2 rings (SSSR count). The van der Waals surface area contributed by atoms with E-state index in [1.165, 1.54) is 35.1 Å². The largest absolute Gasteiger partial charge is 0.469 e. The van der Waals surface area contributed by atoms with E-state index in [4.69, 9.17) is 0 Å². The number of esters is 1. The number of methoxy groups -OCH3 is 1. The highest BCUT2D eigenvalue weighted by Gasteiger charge is 2.21. The van der Waals surface area contributed by atoms with Crippen molar-refractivity contribution >= 4 is 40.0 Å². The van der Waals surface area contributed by atoms with E-state index in [9.17, 15) is 14.9 Å². The fourth-order valence-corrected chi connectivity index (χ4v) is 4.33. The fraction of sp³-hybridized carbons (Fsp3) is 0.533. The number of carbonyl (C=O) groups excluding carboxylic acids is 2. The van der Waals surface area contributed by atoms with Crippen LogP contribution in [0.25, 0.3) is 0 Å². The van der Waals surface area contributed by atoms with Crippen LogP contribution >= 0.6 is 23.1 Å². The van der Waals surface area contributed by atoms with Crippen LogP contribution in [0.15, 0.2) is 0 Å². The Morgan fingerprint density at radius 3 is 2.91 bits per heavy atom. The standard InChI is InChI=1S/C15H18N2O3S2/c1-20-14(19)6-7-21-9-13(18)17-15-11(8-16)10-4-2-3-5-12(10)22-15/h2-7,9H2,1H3,(H,17,18). The molecule has 0 bridgehead atoms. The van der Waals surface area contributed by atoms with Gasteiger partial charge in [-0.3, -0.25) is 9.59 Å². The maximum atomic E-state index is 12.0. The van der Waals surface area contributed by atoms with Crippen LogP contribution in [0.3, 0.4) is 0 Å². The quantitative estimate of drug-likeness (QED) is 0.637. The van der Waals surface area contributed by atoms with E-state index < -0.39 is 0 Å². The van der Waals surface area contributed by atoms with Gasteiger partial charge in [-0.2, -0.15) is 17.0 Å². The number of amides is 1. The van der Waals surface area contributed by atoms with Crippen LogP contribution in [0, 0.1) is 11.3 Å². The molecule has 0 saturated carbocycles. The summed E-state index contributed by atoms with van der Waals surface area (Å²) in [6, 6.07) is 2.23. The van der Waals surface area contributed by atoms with Crippen LogP contribution < -0.4 is 5.32 Å². The van der Waals surface area contributed by atoms with E-state index >= 15 is 0 Å². The SMILES string of the molecule is COC(=O)CCSCC(=O)Nc1sc2c(c1C#N)CCCC2. The van der Waals surface area contributed by atoms with Gasteiger partial charge in [-0.05, 0) is 31.2 Å². The first-order valence-electron chi connectivity index (χ1n) is 7.14. The van der Waals surface area contributed by atoms with Crippen molar-refractivity contribution in [3.8, 4) is 6.07 Å². The molecule has 1 amide bonds. The minimum absolute atomic E-state index is 0.134. The first-order chi connectivity index (χ1) is 10.7. The molecule has 22 heavy (non-hydrogen) atoms. The highest BCUT2D eigenvalue weighted by Crippen LogP contribution is 2.37. The Balaban J connectivity index is 1.88. The summed E-state index contributed by atoms with van der Waals surface area (Å²) in [5, 5.41) is 12.8. The van der Waals surface area contributed by atoms with Crippen LogP contribution in [0.5, 0.6) is 0 Å². The molecule has 0 aromatic carbocycles. The molecule has 0 fully saturated rings. The molecule has 0 atom stereocenters. The number of hydrogen-bond donors (Lipinski definition) is 1. The Kier molecular flexibility index (Phi) is 6.28. The summed E-state index contributed by atoms with van der Waals surface area (Å²) < 4.78 is 4.54. The molecule has 5 nitrogen and oxygen atoms in total. The predicted molar refractivity (Wildman–Crippen MR) is 88.3 cm³/mol. The second-order valence-electron chi connectivity index (χ2n) is 4.95. The first kappa shape index (κ1) is 16.8. The highest BCUT2D eigenvalue weighted by atomic mass is 32.2. The van der Waals surface area contributed by atoms with Gasteiger partial charge in [0.2, 0.25) is 5.91 Å². The Morgan fingerprint density at radius 1 is 1.41 bits per heavy atom. The van der Waals surface area contributed by atoms with Crippen molar-refractivity contribution in [2.75, 3.05) is 23.9 Å². The number of hydrogen-bond acceptors (Lipinski definition) is 6. The third-order valence-corrected chi connectivity index (χ3v) is 5.61. The van der Waals surface area contributed by atoms with Crippen molar-refractivity contribution in [2.24, 2.45) is 0 Å². The molecular weight excluding hydrogens is 320 g/mol. The molecule has 1 N–H and O–H groups in total. The van der Waals surface area contributed by atoms with Gasteiger partial charge in [0.15, 0.2) is 0 Å². The molecule has 1 heterocycles. The number of aryl methyl sites for hydroxylation is 1. The molecule has 1 aliphatic carbocycles. The van der Waals surface area contributed by atoms with Crippen LogP contribution in [0.4, 0.5) is 5.00 Å². The van der Waals surface area contributed by atoms with E-state index in [0.29, 0.717) is 22.7 Å². The topological polar surface area (TPSA) is 79.2 Å². The lowest BCUT2D eigenvalue weighted by molar-refractivity contribution is -0.140. The number of rotatable bonds is 6. The number of ether oxygens (including phenoxy) is 1. The van der Waals surface area contributed by atoms with Gasteiger partial charge in [-0.1, -0.05) is 0 Å². The summed E-state index contributed by atoms with van der Waals surface area (Å²) in [4.78, 5) is 24.2. The van der Waals surface area contributed by atoms with E-state index in [1.807, 2.05) is 0 Å². The Morgan fingerprint density at radius 2 is 2.18 bits per heavy atom. The van der Waals surface area contributed by atoms with Gasteiger partial charge in [0.05, 0.1) is 24.8 Å². The number of nitrogens with zero attached hydrogens (tertiary/aromatic N) is 1. The fourth-order valence-electron chi connectivity index (χ4n) is 2.36. The summed E-state index contributed by atoms with van der Waals surface area (Å²) in [6.07, 6.45) is 4.48. The number of nitriles is 1. The number of carbonyl (C=O) groups is 2. The number of anilines is 1. The van der Waals surface area contributed by atoms with Gasteiger partial charge in [-0.15, -0.1) is 11.3 Å². The summed E-state index contributed by atoms with van der Waals surface area (Å²) in [5.74, 6) is 0.409. The minimum Gasteiger partial charge on any atom is -0.469 e. The zero-order chi connectivity index (χ0) is 15.9. The number of fused-ring (bicyclic) bond motifs is 1. The predicted octanol–water partition coefficient (Wildman–Crippen LogP) is 2.73. The average Bonchev–Trinajstić information content (AvgIpc) is 2.88. The normalized spacial score (nSPS) is 13.1. The summed E-state index contributed by atoms with van der Waals surface area (Å²) in [7, 11) is 1.35. The smallest absolute Gasteiger partial charge is 0.306 e. The van der Waals surface area contributed by atoms with Crippen molar-refractivity contribution in [2.45, 2.75) is 32.1 Å². The lowest BCUT2D eigenvalue weighted by Gasteiger charge is -2.09. The van der Waals surface area contributed by atoms with Gasteiger partial charge in [-0.25, -0.2) is 0 Å². The molecule has 1 aromatic rings. The van der Waals surface area contributed by atoms with Gasteiger partial charge in [0, 0.05) is 10.6 Å². The highest BCUT2D eigenvalue weighted by molar-refractivity contribution is 7.99. The lowest BCUT2D eigenvalue weighted by atomic mass is 9.96. The van der Waals surface area contributed by atoms with Crippen LogP contribution in [-0.4, -0.2) is 30.5 Å². The van der Waals surface area contributed by atoms with E-state index in [1.54, 1.807) is 0 Å². The van der Waals surface area contributed by atoms with Gasteiger partial charge in [0.1, 0.15) is 11.1 Å². The molecule has 7 heteroatoms. The van der Waals surface area contributed by atoms with Gasteiger partial charge >= 0.3 is 5.97 Å². The third kappa shape index (κ3) is 4.24. The van der Waals surface area contributed by atoms with Gasteiger partial charge in [0.25, 0.3) is 0 Å². The zero-order valence-electron chi connectivity index (χ0n) is 12.4. The first-order valence-corrected chi connectivity index (χ1v) is 9.12. The van der Waals surface area contributed by atoms with E-state index in [0.717, 1.165) is 31.2 Å². The van der Waals surface area contributed by atoms with Crippen molar-refractivity contribution in [1.29, 1.82) is 5.26 Å². The molecule has 0 radical (unpaired) electrons.